The van der Waals surface area contributed by atoms with E-state index in [4.69, 9.17) is 31.2 Å². The van der Waals surface area contributed by atoms with E-state index in [0.717, 1.165) is 72.7 Å². The number of benzene rings is 6. The van der Waals surface area contributed by atoms with Crippen molar-refractivity contribution in [3.05, 3.63) is 173 Å². The maximum Gasteiger partial charge on any atom is 0.163 e. The molecule has 0 fully saturated rings. The summed E-state index contributed by atoms with van der Waals surface area (Å²) < 4.78 is 45.2. The van der Waals surface area contributed by atoms with Crippen LogP contribution in [-0.4, -0.2) is 24.9 Å². The number of rotatable bonds is 5. The molecule has 0 spiro atoms. The number of aryl methyl sites for hydroxylation is 4. The summed E-state index contributed by atoms with van der Waals surface area (Å²) >= 11 is 0. The molecule has 10 aromatic rings. The zero-order chi connectivity index (χ0) is 52.6. The predicted octanol–water partition coefficient (Wildman–Crippen LogP) is 16.2. The maximum absolute atomic E-state index is 8.25. The fraction of sp³-hybridized carbons (Fsp3) is 0.274. The van der Waals surface area contributed by atoms with Gasteiger partial charge in [0, 0.05) is 61.1 Å². The molecular formula is C62H61IrN5O-2. The fourth-order valence-electron chi connectivity index (χ4n) is 8.79. The minimum Gasteiger partial charge on any atom is -0.501 e. The van der Waals surface area contributed by atoms with Crippen LogP contribution >= 0.6 is 0 Å². The van der Waals surface area contributed by atoms with E-state index in [-0.39, 0.29) is 36.5 Å². The molecule has 4 aromatic heterocycles. The molecule has 10 rings (SSSR count). The topological polar surface area (TPSA) is 77.6 Å². The Bertz CT molecular complexity index is 3680. The molecule has 0 atom stereocenters. The van der Waals surface area contributed by atoms with Crippen molar-refractivity contribution in [2.24, 2.45) is 5.41 Å². The molecule has 0 aliphatic heterocycles. The zero-order valence-electron chi connectivity index (χ0n) is 46.5. The molecule has 6 nitrogen and oxygen atoms in total. The molecular weight excluding hydrogens is 1020 g/mol. The van der Waals surface area contributed by atoms with Gasteiger partial charge in [0.25, 0.3) is 0 Å². The molecule has 0 aliphatic rings. The van der Waals surface area contributed by atoms with Crippen LogP contribution in [0.5, 0.6) is 0 Å². The van der Waals surface area contributed by atoms with Gasteiger partial charge in [-0.1, -0.05) is 141 Å². The van der Waals surface area contributed by atoms with E-state index in [9.17, 15) is 0 Å². The van der Waals surface area contributed by atoms with E-state index in [1.807, 2.05) is 33.0 Å². The Balaban J connectivity index is 0.000000256. The third kappa shape index (κ3) is 10.2. The Labute approximate surface area is 428 Å². The molecule has 1 radical (unpaired) electrons. The van der Waals surface area contributed by atoms with E-state index in [2.05, 4.69) is 152 Å². The quantitative estimate of drug-likeness (QED) is 0.126. The van der Waals surface area contributed by atoms with Crippen LogP contribution in [0, 0.1) is 45.2 Å². The molecule has 0 amide bonds. The summed E-state index contributed by atoms with van der Waals surface area (Å²) in [4.78, 5) is 24.1. The summed E-state index contributed by atoms with van der Waals surface area (Å²) in [6.45, 7) is 22.8. The predicted molar refractivity (Wildman–Crippen MR) is 283 cm³/mol. The van der Waals surface area contributed by atoms with Crippen molar-refractivity contribution in [3.63, 3.8) is 0 Å². The third-order valence-electron chi connectivity index (χ3n) is 12.1. The Kier molecular flexibility index (Phi) is 11.6. The fourth-order valence-corrected chi connectivity index (χ4v) is 8.79. The Morgan fingerprint density at radius 2 is 1.33 bits per heavy atom. The Morgan fingerprint density at radius 3 is 1.97 bits per heavy atom. The van der Waals surface area contributed by atoms with Crippen molar-refractivity contribution in [2.75, 3.05) is 0 Å². The van der Waals surface area contributed by atoms with Gasteiger partial charge in [-0.25, -0.2) is 15.0 Å². The largest absolute Gasteiger partial charge is 0.501 e. The third-order valence-corrected chi connectivity index (χ3v) is 12.1. The zero-order valence-corrected chi connectivity index (χ0v) is 43.9. The Hall–Kier alpha value is -6.40. The molecule has 0 saturated heterocycles. The normalized spacial score (nSPS) is 13.5. The number of pyridine rings is 2. The van der Waals surface area contributed by atoms with Crippen LogP contribution in [0.3, 0.4) is 0 Å². The van der Waals surface area contributed by atoms with Gasteiger partial charge < -0.3 is 14.4 Å². The van der Waals surface area contributed by atoms with Crippen molar-refractivity contribution < 1.29 is 31.4 Å². The van der Waals surface area contributed by atoms with Crippen LogP contribution in [0.25, 0.3) is 88.5 Å². The second-order valence-corrected chi connectivity index (χ2v) is 21.0. The van der Waals surface area contributed by atoms with Crippen LogP contribution < -0.4 is 0 Å². The first kappa shape index (κ1) is 42.7. The Morgan fingerprint density at radius 1 is 0.638 bits per heavy atom. The van der Waals surface area contributed by atoms with Gasteiger partial charge in [0.15, 0.2) is 5.82 Å². The SMILES string of the molecule is Cc1cnc(-c2[c-]ccc3c2oc2ccc4c5ccccc5ccc4c23)cc1-c1c(C)cc(-c2nc(C(C)(C)C)nc(C(C)(C)C)n2)cc1C.[2H]C([2H])([2H])c1c[c-]c(-c2ccc(C([2H])([2H])C(C)(C)C)cn2)cc1.[Ir]. The van der Waals surface area contributed by atoms with Crippen LogP contribution in [0.4, 0.5) is 0 Å². The summed E-state index contributed by atoms with van der Waals surface area (Å²) in [6.07, 6.45) is 2.00. The molecule has 0 bridgehead atoms. The average molecular weight is 1090 g/mol. The molecule has 7 heteroatoms. The van der Waals surface area contributed by atoms with Gasteiger partial charge in [-0.2, -0.15) is 0 Å². The molecule has 351 valence electrons. The summed E-state index contributed by atoms with van der Waals surface area (Å²) in [5.74, 6) is 2.32. The van der Waals surface area contributed by atoms with Crippen molar-refractivity contribution in [2.45, 2.75) is 107 Å². The average Bonchev–Trinajstić information content (AvgIpc) is 3.73. The summed E-state index contributed by atoms with van der Waals surface area (Å²) in [5, 5.41) is 7.06. The first-order valence-electron chi connectivity index (χ1n) is 25.7. The van der Waals surface area contributed by atoms with Gasteiger partial charge in [0.2, 0.25) is 0 Å². The first-order chi connectivity index (χ1) is 34.2. The van der Waals surface area contributed by atoms with E-state index < -0.39 is 18.6 Å². The van der Waals surface area contributed by atoms with Gasteiger partial charge in [0.05, 0.1) is 5.58 Å². The molecule has 69 heavy (non-hydrogen) atoms. The van der Waals surface area contributed by atoms with E-state index >= 15 is 0 Å². The van der Waals surface area contributed by atoms with Crippen LogP contribution in [0.15, 0.2) is 126 Å². The molecule has 4 heterocycles. The van der Waals surface area contributed by atoms with Crippen molar-refractivity contribution in [3.8, 4) is 45.0 Å². The van der Waals surface area contributed by atoms with Gasteiger partial charge in [-0.05, 0) is 117 Å². The van der Waals surface area contributed by atoms with Gasteiger partial charge in [0.1, 0.15) is 17.2 Å². The van der Waals surface area contributed by atoms with E-state index in [1.165, 1.54) is 39.4 Å². The maximum atomic E-state index is 8.25. The van der Waals surface area contributed by atoms with Gasteiger partial charge in [-0.3, -0.25) is 0 Å². The minimum atomic E-state index is -2.14. The van der Waals surface area contributed by atoms with E-state index in [1.54, 1.807) is 24.3 Å². The number of hydrogen-bond donors (Lipinski definition) is 0. The summed E-state index contributed by atoms with van der Waals surface area (Å²) in [5.41, 5.74) is 11.2. The molecule has 0 N–H and O–H groups in total. The number of fused-ring (bicyclic) bond motifs is 7. The van der Waals surface area contributed by atoms with E-state index in [0.29, 0.717) is 22.6 Å². The van der Waals surface area contributed by atoms with Gasteiger partial charge >= 0.3 is 0 Å². The molecule has 0 unspecified atom stereocenters. The second kappa shape index (κ2) is 18.8. The second-order valence-electron chi connectivity index (χ2n) is 21.0. The summed E-state index contributed by atoms with van der Waals surface area (Å²) in [6, 6.07) is 42.5. The number of hydrogen-bond acceptors (Lipinski definition) is 6. The van der Waals surface area contributed by atoms with Crippen LogP contribution in [-0.2, 0) is 37.3 Å². The molecule has 0 saturated carbocycles. The van der Waals surface area contributed by atoms with Crippen molar-refractivity contribution >= 4 is 43.5 Å². The number of nitrogens with zero attached hydrogens (tertiary/aromatic N) is 5. The first-order valence-corrected chi connectivity index (χ1v) is 23.2. The van der Waals surface area contributed by atoms with Crippen molar-refractivity contribution in [1.82, 2.24) is 24.9 Å². The monoisotopic (exact) mass is 1090 g/mol. The van der Waals surface area contributed by atoms with Gasteiger partial charge in [-0.15, -0.1) is 53.6 Å². The minimum absolute atomic E-state index is 0. The standard InChI is InChI=1S/C45H41N4O.C17H20N.Ir/c1-25-21-29(41-47-42(44(4,5)6)49-43(48-41)45(7,8)9)22-26(2)38(25)35-23-36(46-24-27(35)3)33-15-12-16-34-39-32-18-17-28-13-10-11-14-30(28)31(32)19-20-37(39)50-40(33)34;1-13-5-8-15(9-6-13)16-10-7-14(12-18-16)11-17(2,3)4;/h10-14,16-24H,1-9H3;5-8,10,12H,11H2,1-4H3;/q2*-1;/i;1D3,11D2;. The molecule has 0 aliphatic carbocycles. The van der Waals surface area contributed by atoms with Crippen LogP contribution in [0.2, 0.25) is 0 Å². The summed E-state index contributed by atoms with van der Waals surface area (Å²) in [7, 11) is 0. The number of furan rings is 1. The van der Waals surface area contributed by atoms with Crippen LogP contribution in [0.1, 0.15) is 109 Å². The van der Waals surface area contributed by atoms with Crippen molar-refractivity contribution in [1.29, 1.82) is 0 Å². The number of aromatic nitrogens is 5. The smallest absolute Gasteiger partial charge is 0.163 e. The molecule has 6 aromatic carbocycles.